The van der Waals surface area contributed by atoms with E-state index in [9.17, 15) is 9.18 Å². The van der Waals surface area contributed by atoms with E-state index in [0.717, 1.165) is 11.6 Å². The van der Waals surface area contributed by atoms with Gasteiger partial charge in [-0.3, -0.25) is 4.79 Å². The molecule has 0 aliphatic rings. The van der Waals surface area contributed by atoms with Gasteiger partial charge in [-0.1, -0.05) is 0 Å². The lowest BCUT2D eigenvalue weighted by atomic mass is 10.2. The first-order valence-corrected chi connectivity index (χ1v) is 6.24. The average Bonchev–Trinajstić information content (AvgIpc) is 2.52. The maximum Gasteiger partial charge on any atom is 0.251 e. The zero-order chi connectivity index (χ0) is 15.2. The van der Waals surface area contributed by atoms with Crippen LogP contribution in [0.5, 0.6) is 11.6 Å². The second-order valence-corrected chi connectivity index (χ2v) is 4.24. The van der Waals surface area contributed by atoms with Crippen LogP contribution in [0.2, 0.25) is 0 Å². The minimum Gasteiger partial charge on any atom is -0.494 e. The summed E-state index contributed by atoms with van der Waals surface area (Å²) < 4.78 is 23.4. The van der Waals surface area contributed by atoms with Crippen molar-refractivity contribution >= 4 is 5.91 Å². The molecule has 0 aliphatic heterocycles. The SMILES string of the molecule is COc1cc(CNC(=O)c2ccc(OC)c(F)c2)ccn1. The molecule has 0 unspecified atom stereocenters. The predicted octanol–water partition coefficient (Wildman–Crippen LogP) is 2.17. The van der Waals surface area contributed by atoms with Crippen LogP contribution in [-0.4, -0.2) is 25.1 Å². The van der Waals surface area contributed by atoms with E-state index in [1.807, 2.05) is 0 Å². The number of hydrogen-bond donors (Lipinski definition) is 1. The van der Waals surface area contributed by atoms with Gasteiger partial charge < -0.3 is 14.8 Å². The van der Waals surface area contributed by atoms with Gasteiger partial charge in [0.05, 0.1) is 14.2 Å². The maximum absolute atomic E-state index is 13.5. The van der Waals surface area contributed by atoms with Gasteiger partial charge in [-0.15, -0.1) is 0 Å². The van der Waals surface area contributed by atoms with Crippen LogP contribution in [0.1, 0.15) is 15.9 Å². The lowest BCUT2D eigenvalue weighted by Gasteiger charge is -2.08. The molecule has 1 aromatic carbocycles. The molecular weight excluding hydrogens is 275 g/mol. The van der Waals surface area contributed by atoms with Crippen LogP contribution in [0.15, 0.2) is 36.5 Å². The number of benzene rings is 1. The Bertz CT molecular complexity index is 647. The van der Waals surface area contributed by atoms with E-state index in [-0.39, 0.29) is 17.2 Å². The van der Waals surface area contributed by atoms with Crippen LogP contribution < -0.4 is 14.8 Å². The standard InChI is InChI=1S/C15H15FN2O3/c1-20-13-4-3-11(8-12(13)16)15(19)18-9-10-5-6-17-14(7-10)21-2/h3-8H,9H2,1-2H3,(H,18,19). The summed E-state index contributed by atoms with van der Waals surface area (Å²) in [5, 5.41) is 2.70. The number of halogens is 1. The van der Waals surface area contributed by atoms with Crippen molar-refractivity contribution in [2.45, 2.75) is 6.54 Å². The molecule has 0 saturated heterocycles. The fraction of sp³-hybridized carbons (Fsp3) is 0.200. The molecule has 2 aromatic rings. The number of methoxy groups -OCH3 is 2. The highest BCUT2D eigenvalue weighted by molar-refractivity contribution is 5.94. The lowest BCUT2D eigenvalue weighted by Crippen LogP contribution is -2.23. The summed E-state index contributed by atoms with van der Waals surface area (Å²) in [5.74, 6) is -0.370. The van der Waals surface area contributed by atoms with Crippen molar-refractivity contribution < 1.29 is 18.7 Å². The fourth-order valence-electron chi connectivity index (χ4n) is 1.76. The Hall–Kier alpha value is -2.63. The Balaban J connectivity index is 2.02. The summed E-state index contributed by atoms with van der Waals surface area (Å²) in [6, 6.07) is 7.54. The monoisotopic (exact) mass is 290 g/mol. The Morgan fingerprint density at radius 1 is 1.24 bits per heavy atom. The zero-order valence-corrected chi connectivity index (χ0v) is 11.7. The van der Waals surface area contributed by atoms with Gasteiger partial charge in [0.1, 0.15) is 0 Å². The molecule has 0 radical (unpaired) electrons. The molecule has 0 aliphatic carbocycles. The molecule has 2 rings (SSSR count). The number of pyridine rings is 1. The Morgan fingerprint density at radius 2 is 2.05 bits per heavy atom. The first-order chi connectivity index (χ1) is 10.1. The van der Waals surface area contributed by atoms with E-state index >= 15 is 0 Å². The molecule has 21 heavy (non-hydrogen) atoms. The van der Waals surface area contributed by atoms with Gasteiger partial charge in [0.25, 0.3) is 5.91 Å². The smallest absolute Gasteiger partial charge is 0.251 e. The van der Waals surface area contributed by atoms with Crippen molar-refractivity contribution in [3.05, 3.63) is 53.5 Å². The normalized spacial score (nSPS) is 10.0. The number of hydrogen-bond acceptors (Lipinski definition) is 4. The molecule has 6 heteroatoms. The number of ether oxygens (including phenoxy) is 2. The van der Waals surface area contributed by atoms with Crippen molar-refractivity contribution in [2.24, 2.45) is 0 Å². The van der Waals surface area contributed by atoms with Crippen molar-refractivity contribution in [2.75, 3.05) is 14.2 Å². The van der Waals surface area contributed by atoms with E-state index < -0.39 is 5.82 Å². The molecule has 1 N–H and O–H groups in total. The summed E-state index contributed by atoms with van der Waals surface area (Å²) in [4.78, 5) is 15.9. The molecular formula is C15H15FN2O3. The molecule has 1 aromatic heterocycles. The number of nitrogens with zero attached hydrogens (tertiary/aromatic N) is 1. The first-order valence-electron chi connectivity index (χ1n) is 6.24. The van der Waals surface area contributed by atoms with Gasteiger partial charge in [-0.25, -0.2) is 9.37 Å². The van der Waals surface area contributed by atoms with Crippen molar-refractivity contribution in [1.29, 1.82) is 0 Å². The van der Waals surface area contributed by atoms with Gasteiger partial charge in [-0.05, 0) is 29.8 Å². The molecule has 110 valence electrons. The van der Waals surface area contributed by atoms with Crippen LogP contribution in [0, 0.1) is 5.82 Å². The van der Waals surface area contributed by atoms with Gasteiger partial charge in [0, 0.05) is 24.4 Å². The van der Waals surface area contributed by atoms with E-state index in [4.69, 9.17) is 9.47 Å². The fourth-order valence-corrected chi connectivity index (χ4v) is 1.76. The topological polar surface area (TPSA) is 60.5 Å². The van der Waals surface area contributed by atoms with Gasteiger partial charge >= 0.3 is 0 Å². The highest BCUT2D eigenvalue weighted by Crippen LogP contribution is 2.17. The minimum atomic E-state index is -0.573. The van der Waals surface area contributed by atoms with E-state index in [1.165, 1.54) is 26.4 Å². The zero-order valence-electron chi connectivity index (χ0n) is 11.7. The third-order valence-corrected chi connectivity index (χ3v) is 2.88. The average molecular weight is 290 g/mol. The molecule has 0 atom stereocenters. The molecule has 0 fully saturated rings. The summed E-state index contributed by atoms with van der Waals surface area (Å²) >= 11 is 0. The summed E-state index contributed by atoms with van der Waals surface area (Å²) in [5.41, 5.74) is 1.07. The molecule has 0 saturated carbocycles. The molecule has 0 bridgehead atoms. The van der Waals surface area contributed by atoms with Crippen LogP contribution >= 0.6 is 0 Å². The van der Waals surface area contributed by atoms with Crippen molar-refractivity contribution in [3.63, 3.8) is 0 Å². The van der Waals surface area contributed by atoms with Crippen molar-refractivity contribution in [3.8, 4) is 11.6 Å². The highest BCUT2D eigenvalue weighted by Gasteiger charge is 2.10. The van der Waals surface area contributed by atoms with E-state index in [0.29, 0.717) is 12.4 Å². The quantitative estimate of drug-likeness (QED) is 0.916. The third-order valence-electron chi connectivity index (χ3n) is 2.88. The summed E-state index contributed by atoms with van der Waals surface area (Å²) in [7, 11) is 2.89. The van der Waals surface area contributed by atoms with E-state index in [1.54, 1.807) is 18.3 Å². The predicted molar refractivity (Wildman–Crippen MR) is 74.9 cm³/mol. The second kappa shape index (κ2) is 6.69. The lowest BCUT2D eigenvalue weighted by molar-refractivity contribution is 0.0950. The Labute approximate surface area is 121 Å². The van der Waals surface area contributed by atoms with E-state index in [2.05, 4.69) is 10.3 Å². The third kappa shape index (κ3) is 3.68. The minimum absolute atomic E-state index is 0.102. The number of amides is 1. The number of rotatable bonds is 5. The summed E-state index contributed by atoms with van der Waals surface area (Å²) in [6.45, 7) is 0.297. The van der Waals surface area contributed by atoms with Gasteiger partial charge in [-0.2, -0.15) is 0 Å². The molecule has 1 amide bonds. The maximum atomic E-state index is 13.5. The Kier molecular flexibility index (Phi) is 4.71. The molecule has 0 spiro atoms. The van der Waals surface area contributed by atoms with Gasteiger partial charge in [0.15, 0.2) is 11.6 Å². The van der Waals surface area contributed by atoms with Crippen LogP contribution in [0.25, 0.3) is 0 Å². The van der Waals surface area contributed by atoms with Gasteiger partial charge in [0.2, 0.25) is 5.88 Å². The van der Waals surface area contributed by atoms with Crippen LogP contribution in [0.3, 0.4) is 0 Å². The number of carbonyl (C=O) groups excluding carboxylic acids is 1. The van der Waals surface area contributed by atoms with Crippen molar-refractivity contribution in [1.82, 2.24) is 10.3 Å². The van der Waals surface area contributed by atoms with Crippen LogP contribution in [-0.2, 0) is 6.54 Å². The highest BCUT2D eigenvalue weighted by atomic mass is 19.1. The summed E-state index contributed by atoms with van der Waals surface area (Å²) in [6.07, 6.45) is 1.59. The van der Waals surface area contributed by atoms with Crippen LogP contribution in [0.4, 0.5) is 4.39 Å². The Morgan fingerprint density at radius 3 is 2.71 bits per heavy atom. The second-order valence-electron chi connectivity index (χ2n) is 4.24. The molecule has 1 heterocycles. The molecule has 5 nitrogen and oxygen atoms in total. The number of carbonyl (C=O) groups is 1. The number of nitrogens with one attached hydrogen (secondary N) is 1. The number of aromatic nitrogens is 1. The first kappa shape index (κ1) is 14.8. The largest absolute Gasteiger partial charge is 0.494 e.